The summed E-state index contributed by atoms with van der Waals surface area (Å²) in [7, 11) is 0. The van der Waals surface area contributed by atoms with Crippen molar-refractivity contribution in [2.24, 2.45) is 0 Å². The molecule has 1 aromatic heterocycles. The number of esters is 1. The van der Waals surface area contributed by atoms with Crippen LogP contribution >= 0.6 is 23.4 Å². The summed E-state index contributed by atoms with van der Waals surface area (Å²) in [5.74, 6) is 0.129. The van der Waals surface area contributed by atoms with E-state index in [1.807, 2.05) is 6.07 Å². The number of nitrogens with zero attached hydrogens (tertiary/aromatic N) is 2. The summed E-state index contributed by atoms with van der Waals surface area (Å²) >= 11 is 7.18. The van der Waals surface area contributed by atoms with Crippen LogP contribution in [0.25, 0.3) is 11.5 Å². The van der Waals surface area contributed by atoms with E-state index in [4.69, 9.17) is 20.8 Å². The van der Waals surface area contributed by atoms with Crippen molar-refractivity contribution in [2.45, 2.75) is 25.1 Å². The van der Waals surface area contributed by atoms with Crippen molar-refractivity contribution < 1.29 is 18.7 Å². The topological polar surface area (TPSA) is 106 Å². The number of benzene rings is 1. The second-order valence-electron chi connectivity index (χ2n) is 5.60. The first-order valence-corrected chi connectivity index (χ1v) is 9.54. The zero-order valence-electron chi connectivity index (χ0n) is 14.6. The molecule has 2 heterocycles. The fourth-order valence-corrected chi connectivity index (χ4v) is 3.46. The molecule has 0 saturated heterocycles. The average Bonchev–Trinajstić information content (AvgIpc) is 3.08. The number of nitrogens with one attached hydrogen (secondary N) is 2. The first-order valence-electron chi connectivity index (χ1n) is 8.18. The molecule has 0 spiro atoms. The Balaban J connectivity index is 1.77. The van der Waals surface area contributed by atoms with Crippen molar-refractivity contribution in [3.8, 4) is 11.5 Å². The highest BCUT2D eigenvalue weighted by Gasteiger charge is 2.29. The highest BCUT2D eigenvalue weighted by molar-refractivity contribution is 7.99. The predicted octanol–water partition coefficient (Wildman–Crippen LogP) is 3.00. The van der Waals surface area contributed by atoms with Gasteiger partial charge in [-0.2, -0.15) is 0 Å². The Morgan fingerprint density at radius 2 is 2.22 bits per heavy atom. The van der Waals surface area contributed by atoms with Crippen LogP contribution in [-0.4, -0.2) is 40.6 Å². The first-order chi connectivity index (χ1) is 13.0. The lowest BCUT2D eigenvalue weighted by molar-refractivity contribution is -0.138. The largest absolute Gasteiger partial charge is 0.463 e. The highest BCUT2D eigenvalue weighted by atomic mass is 35.5. The van der Waals surface area contributed by atoms with Gasteiger partial charge in [0.1, 0.15) is 0 Å². The molecule has 0 bridgehead atoms. The molecule has 142 valence electrons. The number of urea groups is 1. The Morgan fingerprint density at radius 1 is 1.41 bits per heavy atom. The number of hydrogen-bond donors (Lipinski definition) is 2. The third kappa shape index (κ3) is 4.61. The number of aromatic nitrogens is 2. The predicted molar refractivity (Wildman–Crippen MR) is 100 cm³/mol. The molecule has 3 rings (SSSR count). The van der Waals surface area contributed by atoms with Gasteiger partial charge in [-0.1, -0.05) is 29.4 Å². The zero-order valence-corrected chi connectivity index (χ0v) is 16.2. The molecule has 0 radical (unpaired) electrons. The first kappa shape index (κ1) is 19.2. The van der Waals surface area contributed by atoms with Gasteiger partial charge in [0.15, 0.2) is 0 Å². The van der Waals surface area contributed by atoms with Crippen LogP contribution in [0.3, 0.4) is 0 Å². The summed E-state index contributed by atoms with van der Waals surface area (Å²) in [6, 6.07) is 6.23. The molecule has 1 aliphatic heterocycles. The Bertz CT molecular complexity index is 899. The van der Waals surface area contributed by atoms with Gasteiger partial charge in [0.2, 0.25) is 5.89 Å². The molecule has 1 atom stereocenters. The van der Waals surface area contributed by atoms with Gasteiger partial charge < -0.3 is 19.8 Å². The van der Waals surface area contributed by atoms with Gasteiger partial charge in [0.05, 0.1) is 18.2 Å². The quantitative estimate of drug-likeness (QED) is 0.558. The standard InChI is InChI=1S/C17H17ClN4O4S/c1-3-25-15(23)13-9(2)19-16(24)20-12(13)8-27-17-22-21-14(26-17)10-5-4-6-11(18)7-10/h4-7,9H,3,8H2,1-2H3,(H2,19,20,24)/t9-/m1/s1. The van der Waals surface area contributed by atoms with Gasteiger partial charge in [-0.25, -0.2) is 9.59 Å². The van der Waals surface area contributed by atoms with Crippen LogP contribution in [0, 0.1) is 0 Å². The number of rotatable bonds is 6. The van der Waals surface area contributed by atoms with E-state index in [9.17, 15) is 9.59 Å². The maximum atomic E-state index is 12.2. The fraction of sp³-hybridized carbons (Fsp3) is 0.294. The minimum atomic E-state index is -0.474. The van der Waals surface area contributed by atoms with Gasteiger partial charge in [0.25, 0.3) is 5.22 Å². The number of carbonyl (C=O) groups is 2. The Hall–Kier alpha value is -2.52. The monoisotopic (exact) mass is 408 g/mol. The number of carbonyl (C=O) groups excluding carboxylic acids is 2. The van der Waals surface area contributed by atoms with Gasteiger partial charge in [0, 0.05) is 22.0 Å². The minimum absolute atomic E-state index is 0.246. The number of ether oxygens (including phenoxy) is 1. The zero-order chi connectivity index (χ0) is 19.4. The maximum absolute atomic E-state index is 12.2. The van der Waals surface area contributed by atoms with Gasteiger partial charge in [-0.05, 0) is 32.0 Å². The van der Waals surface area contributed by atoms with Crippen molar-refractivity contribution in [1.82, 2.24) is 20.8 Å². The summed E-state index contributed by atoms with van der Waals surface area (Å²) in [5.41, 5.74) is 1.54. The third-order valence-electron chi connectivity index (χ3n) is 3.68. The summed E-state index contributed by atoms with van der Waals surface area (Å²) in [6.45, 7) is 3.69. The molecule has 0 unspecified atom stereocenters. The molecule has 8 nitrogen and oxygen atoms in total. The SMILES string of the molecule is CCOC(=O)C1=C(CSc2nnc(-c3cccc(Cl)c3)o2)NC(=O)N[C@@H]1C. The van der Waals surface area contributed by atoms with Crippen molar-refractivity contribution in [2.75, 3.05) is 12.4 Å². The van der Waals surface area contributed by atoms with E-state index in [0.29, 0.717) is 33.0 Å². The van der Waals surface area contributed by atoms with E-state index in [1.165, 1.54) is 11.8 Å². The van der Waals surface area contributed by atoms with Crippen LogP contribution in [0.5, 0.6) is 0 Å². The summed E-state index contributed by atoms with van der Waals surface area (Å²) in [5, 5.41) is 14.2. The maximum Gasteiger partial charge on any atom is 0.337 e. The molecule has 1 aliphatic rings. The van der Waals surface area contributed by atoms with Gasteiger partial charge in [-0.3, -0.25) is 0 Å². The van der Waals surface area contributed by atoms with Crippen LogP contribution in [0.2, 0.25) is 5.02 Å². The number of halogens is 1. The molecular formula is C17H17ClN4O4S. The van der Waals surface area contributed by atoms with Crippen LogP contribution in [-0.2, 0) is 9.53 Å². The molecule has 2 amide bonds. The highest BCUT2D eigenvalue weighted by Crippen LogP contribution is 2.27. The molecule has 27 heavy (non-hydrogen) atoms. The van der Waals surface area contributed by atoms with Gasteiger partial charge in [-0.15, -0.1) is 10.2 Å². The third-order valence-corrected chi connectivity index (χ3v) is 4.76. The summed E-state index contributed by atoms with van der Waals surface area (Å²) in [4.78, 5) is 24.0. The van der Waals surface area contributed by atoms with Crippen LogP contribution < -0.4 is 10.6 Å². The molecule has 0 fully saturated rings. The van der Waals surface area contributed by atoms with E-state index in [1.54, 1.807) is 32.0 Å². The number of amides is 2. The lowest BCUT2D eigenvalue weighted by Crippen LogP contribution is -2.49. The normalized spacial score (nSPS) is 16.7. The van der Waals surface area contributed by atoms with E-state index < -0.39 is 12.0 Å². The van der Waals surface area contributed by atoms with Crippen LogP contribution in [0.1, 0.15) is 13.8 Å². The summed E-state index contributed by atoms with van der Waals surface area (Å²) < 4.78 is 10.7. The smallest absolute Gasteiger partial charge is 0.337 e. The number of thioether (sulfide) groups is 1. The molecule has 0 aliphatic carbocycles. The average molecular weight is 409 g/mol. The Labute approximate surface area is 164 Å². The minimum Gasteiger partial charge on any atom is -0.463 e. The second kappa shape index (κ2) is 8.45. The van der Waals surface area contributed by atoms with Crippen LogP contribution in [0.4, 0.5) is 4.79 Å². The van der Waals surface area contributed by atoms with E-state index in [-0.39, 0.29) is 18.4 Å². The van der Waals surface area contributed by atoms with Crippen molar-refractivity contribution in [3.05, 3.63) is 40.6 Å². The summed E-state index contributed by atoms with van der Waals surface area (Å²) in [6.07, 6.45) is 0. The Kier molecular flexibility index (Phi) is 6.02. The van der Waals surface area contributed by atoms with Gasteiger partial charge >= 0.3 is 12.0 Å². The Morgan fingerprint density at radius 3 is 2.96 bits per heavy atom. The lowest BCUT2D eigenvalue weighted by atomic mass is 10.1. The fourth-order valence-electron chi connectivity index (χ4n) is 2.53. The van der Waals surface area contributed by atoms with Crippen LogP contribution in [0.15, 0.2) is 45.2 Å². The van der Waals surface area contributed by atoms with Crippen molar-refractivity contribution in [1.29, 1.82) is 0 Å². The molecule has 0 saturated carbocycles. The van der Waals surface area contributed by atoms with E-state index in [0.717, 1.165) is 0 Å². The molecule has 10 heteroatoms. The van der Waals surface area contributed by atoms with E-state index in [2.05, 4.69) is 20.8 Å². The van der Waals surface area contributed by atoms with E-state index >= 15 is 0 Å². The van der Waals surface area contributed by atoms with Crippen molar-refractivity contribution in [3.63, 3.8) is 0 Å². The molecule has 1 aromatic carbocycles. The molecule has 2 aromatic rings. The molecular weight excluding hydrogens is 392 g/mol. The number of hydrogen-bond acceptors (Lipinski definition) is 7. The lowest BCUT2D eigenvalue weighted by Gasteiger charge is -2.26. The molecule has 2 N–H and O–H groups in total. The van der Waals surface area contributed by atoms with Crippen molar-refractivity contribution >= 4 is 35.4 Å². The second-order valence-corrected chi connectivity index (χ2v) is 6.97.